The number of halogens is 2. The van der Waals surface area contributed by atoms with Crippen LogP contribution in [0.15, 0.2) is 49.0 Å². The Bertz CT molecular complexity index is 914. The first-order valence-corrected chi connectivity index (χ1v) is 14.8. The van der Waals surface area contributed by atoms with Crippen LogP contribution in [0.4, 0.5) is 0 Å². The van der Waals surface area contributed by atoms with Crippen LogP contribution in [-0.4, -0.2) is 43.0 Å². The van der Waals surface area contributed by atoms with Crippen LogP contribution in [0.3, 0.4) is 0 Å². The van der Waals surface area contributed by atoms with Crippen molar-refractivity contribution in [3.8, 4) is 5.75 Å². The number of aromatic hydroxyl groups is 1. The van der Waals surface area contributed by atoms with Crippen LogP contribution in [0, 0.1) is 5.92 Å². The number of hydrogen-bond acceptors (Lipinski definition) is 4. The van der Waals surface area contributed by atoms with Crippen LogP contribution in [0.1, 0.15) is 90.2 Å². The lowest BCUT2D eigenvalue weighted by Crippen LogP contribution is -2.13. The molecule has 38 heavy (non-hydrogen) atoms. The summed E-state index contributed by atoms with van der Waals surface area (Å²) in [6.45, 7) is 17.3. The second-order valence-electron chi connectivity index (χ2n) is 9.31. The van der Waals surface area contributed by atoms with Crippen LogP contribution in [-0.2, 0) is 4.79 Å². The van der Waals surface area contributed by atoms with Crippen molar-refractivity contribution >= 4 is 35.2 Å². The van der Waals surface area contributed by atoms with E-state index >= 15 is 0 Å². The molecule has 3 rings (SSSR count). The van der Waals surface area contributed by atoms with Crippen molar-refractivity contribution in [2.75, 3.05) is 26.7 Å². The topological polar surface area (TPSA) is 52.6 Å². The van der Waals surface area contributed by atoms with Crippen LogP contribution in [0.25, 0.3) is 5.70 Å². The number of carbonyl (C=O) groups excluding carboxylic acids is 1. The van der Waals surface area contributed by atoms with E-state index in [2.05, 4.69) is 44.6 Å². The fourth-order valence-corrected chi connectivity index (χ4v) is 4.59. The van der Waals surface area contributed by atoms with Crippen LogP contribution < -0.4 is 5.32 Å². The van der Waals surface area contributed by atoms with E-state index in [0.29, 0.717) is 27.4 Å². The maximum absolute atomic E-state index is 10.1. The molecule has 1 fully saturated rings. The Morgan fingerprint density at radius 2 is 1.74 bits per heavy atom. The third-order valence-corrected chi connectivity index (χ3v) is 7.12. The van der Waals surface area contributed by atoms with Gasteiger partial charge >= 0.3 is 0 Å². The third kappa shape index (κ3) is 14.2. The molecule has 214 valence electrons. The molecular weight excluding hydrogens is 515 g/mol. The van der Waals surface area contributed by atoms with E-state index in [4.69, 9.17) is 23.2 Å². The van der Waals surface area contributed by atoms with Gasteiger partial charge in [0.25, 0.3) is 0 Å². The summed E-state index contributed by atoms with van der Waals surface area (Å²) < 4.78 is 0. The van der Waals surface area contributed by atoms with Gasteiger partial charge in [-0.05, 0) is 74.0 Å². The number of likely N-dealkylation sites (tertiary alicyclic amines) is 1. The van der Waals surface area contributed by atoms with Gasteiger partial charge in [0.15, 0.2) is 0 Å². The lowest BCUT2D eigenvalue weighted by molar-refractivity contribution is -0.107. The number of rotatable bonds is 10. The molecule has 0 radical (unpaired) electrons. The summed E-state index contributed by atoms with van der Waals surface area (Å²) in [5.74, 6) is 1.99. The molecule has 0 aromatic heterocycles. The standard InChI is InChI=1S/C13H20O.C10H9Cl2NO.C7H15N.C2H6/c1-3-7-11(8-4-2)12-9-5-6-10-13(12)14;1-7(13-4-5-14)8-2-3-9(11)10(12)6-8;1-3-7-4-5-8(2)6-7;1-2/h5-6,9-11,14H,3-4,7-8H2,1-2H3;2-3,5-6,13H,1,4H2;7H,3-6H2,1-2H3;1-2H3. The van der Waals surface area contributed by atoms with Crippen molar-refractivity contribution in [1.82, 2.24) is 10.2 Å². The monoisotopic (exact) mass is 564 g/mol. The number of phenols is 1. The summed E-state index contributed by atoms with van der Waals surface area (Å²) in [5, 5.41) is 13.5. The minimum absolute atomic E-state index is 0.235. The minimum Gasteiger partial charge on any atom is -0.508 e. The summed E-state index contributed by atoms with van der Waals surface area (Å²) in [6.07, 6.45) is 8.26. The molecule has 2 aromatic rings. The van der Waals surface area contributed by atoms with Crippen molar-refractivity contribution in [3.05, 3.63) is 70.2 Å². The second kappa shape index (κ2) is 21.9. The zero-order valence-electron chi connectivity index (χ0n) is 24.4. The number of nitrogens with zero attached hydrogens (tertiary/aromatic N) is 1. The molecule has 1 heterocycles. The van der Waals surface area contributed by atoms with Gasteiger partial charge in [0.05, 0.1) is 16.6 Å². The SMILES string of the molecule is C=C(NCC=O)c1ccc(Cl)c(Cl)c1.CC.CCC1CCN(C)C1.CCCC(CCC)c1ccccc1O. The van der Waals surface area contributed by atoms with Gasteiger partial charge in [-0.1, -0.05) is 108 Å². The molecular formula is C32H50Cl2N2O2. The average Bonchev–Trinajstić information content (AvgIpc) is 3.36. The molecule has 1 aliphatic heterocycles. The fraction of sp³-hybridized carbons (Fsp3) is 0.531. The van der Waals surface area contributed by atoms with Crippen LogP contribution >= 0.6 is 23.2 Å². The Morgan fingerprint density at radius 3 is 2.18 bits per heavy atom. The lowest BCUT2D eigenvalue weighted by Gasteiger charge is -2.16. The fourth-order valence-electron chi connectivity index (χ4n) is 4.30. The number of nitrogens with one attached hydrogen (secondary N) is 1. The van der Waals surface area contributed by atoms with Gasteiger partial charge in [0.1, 0.15) is 12.0 Å². The molecule has 0 aliphatic carbocycles. The first-order valence-electron chi connectivity index (χ1n) is 14.0. The normalized spacial score (nSPS) is 14.3. The number of para-hydroxylation sites is 1. The minimum atomic E-state index is 0.235. The number of hydrogen-bond donors (Lipinski definition) is 2. The molecule has 2 N–H and O–H groups in total. The molecule has 0 amide bonds. The van der Waals surface area contributed by atoms with Gasteiger partial charge in [-0.25, -0.2) is 0 Å². The van der Waals surface area contributed by atoms with Crippen molar-refractivity contribution in [2.45, 2.75) is 79.1 Å². The smallest absolute Gasteiger partial charge is 0.139 e. The van der Waals surface area contributed by atoms with Crippen molar-refractivity contribution in [3.63, 3.8) is 0 Å². The maximum atomic E-state index is 10.1. The Hall–Kier alpha value is -2.01. The molecule has 2 aromatic carbocycles. The van der Waals surface area contributed by atoms with Gasteiger partial charge < -0.3 is 20.1 Å². The summed E-state index contributed by atoms with van der Waals surface area (Å²) >= 11 is 11.6. The van der Waals surface area contributed by atoms with E-state index < -0.39 is 0 Å². The molecule has 0 saturated carbocycles. The molecule has 0 spiro atoms. The highest BCUT2D eigenvalue weighted by Crippen LogP contribution is 2.32. The molecule has 0 bridgehead atoms. The molecule has 1 atom stereocenters. The summed E-state index contributed by atoms with van der Waals surface area (Å²) in [6, 6.07) is 12.9. The Kier molecular flexibility index (Phi) is 20.7. The zero-order valence-corrected chi connectivity index (χ0v) is 25.9. The number of carbonyl (C=O) groups is 1. The largest absolute Gasteiger partial charge is 0.508 e. The van der Waals surface area contributed by atoms with E-state index in [0.717, 1.165) is 23.3 Å². The van der Waals surface area contributed by atoms with E-state index in [1.54, 1.807) is 24.3 Å². The molecule has 6 heteroatoms. The second-order valence-corrected chi connectivity index (χ2v) is 10.1. The van der Waals surface area contributed by atoms with E-state index in [9.17, 15) is 9.90 Å². The molecule has 1 aliphatic rings. The van der Waals surface area contributed by atoms with Crippen LogP contribution in [0.5, 0.6) is 5.75 Å². The van der Waals surface area contributed by atoms with Gasteiger partial charge in [0.2, 0.25) is 0 Å². The van der Waals surface area contributed by atoms with Gasteiger partial charge in [-0.15, -0.1) is 0 Å². The first-order chi connectivity index (χ1) is 18.3. The maximum Gasteiger partial charge on any atom is 0.139 e. The van der Waals surface area contributed by atoms with Crippen LogP contribution in [0.2, 0.25) is 10.0 Å². The predicted molar refractivity (Wildman–Crippen MR) is 167 cm³/mol. The average molecular weight is 566 g/mol. The number of benzene rings is 2. The first kappa shape index (κ1) is 36.0. The summed E-state index contributed by atoms with van der Waals surface area (Å²) in [5.41, 5.74) is 2.59. The molecule has 4 nitrogen and oxygen atoms in total. The van der Waals surface area contributed by atoms with E-state index in [1.807, 2.05) is 32.0 Å². The van der Waals surface area contributed by atoms with Gasteiger partial charge in [-0.3, -0.25) is 0 Å². The highest BCUT2D eigenvalue weighted by atomic mass is 35.5. The predicted octanol–water partition coefficient (Wildman–Crippen LogP) is 9.20. The molecule has 1 unspecified atom stereocenters. The zero-order chi connectivity index (χ0) is 28.9. The highest BCUT2D eigenvalue weighted by Gasteiger charge is 2.16. The lowest BCUT2D eigenvalue weighted by atomic mass is 9.90. The number of aldehydes is 1. The summed E-state index contributed by atoms with van der Waals surface area (Å²) in [4.78, 5) is 12.5. The highest BCUT2D eigenvalue weighted by molar-refractivity contribution is 6.42. The van der Waals surface area contributed by atoms with Crippen molar-refractivity contribution in [2.24, 2.45) is 5.92 Å². The molecule has 1 saturated heterocycles. The van der Waals surface area contributed by atoms with Gasteiger partial charge in [0, 0.05) is 12.2 Å². The van der Waals surface area contributed by atoms with Crippen molar-refractivity contribution in [1.29, 1.82) is 0 Å². The Balaban J connectivity index is 0.000000541. The summed E-state index contributed by atoms with van der Waals surface area (Å²) in [7, 11) is 2.20. The van der Waals surface area contributed by atoms with E-state index in [-0.39, 0.29) is 6.54 Å². The Morgan fingerprint density at radius 1 is 1.11 bits per heavy atom. The van der Waals surface area contributed by atoms with Gasteiger partial charge in [-0.2, -0.15) is 0 Å². The number of phenolic OH excluding ortho intramolecular Hbond substituents is 1. The third-order valence-electron chi connectivity index (χ3n) is 6.38. The Labute approximate surface area is 242 Å². The van der Waals surface area contributed by atoms with Crippen molar-refractivity contribution < 1.29 is 9.90 Å². The quantitative estimate of drug-likeness (QED) is 0.282. The van der Waals surface area contributed by atoms with E-state index in [1.165, 1.54) is 51.6 Å².